The number of halogens is 2. The number of hydrogen-bond acceptors (Lipinski definition) is 3. The molecular weight excluding hydrogens is 311 g/mol. The van der Waals surface area contributed by atoms with Crippen molar-refractivity contribution in [1.29, 1.82) is 0 Å². The zero-order chi connectivity index (χ0) is 13.8. The maximum Gasteiger partial charge on any atom is 0.124 e. The Hall–Kier alpha value is -0.490. The van der Waals surface area contributed by atoms with E-state index in [2.05, 4.69) is 20.8 Å². The third kappa shape index (κ3) is 3.75. The second-order valence-electron chi connectivity index (χ2n) is 4.88. The van der Waals surface area contributed by atoms with Gasteiger partial charge in [-0.3, -0.25) is 4.90 Å². The first-order valence-corrected chi connectivity index (χ1v) is 7.36. The fourth-order valence-electron chi connectivity index (χ4n) is 2.41. The van der Waals surface area contributed by atoms with E-state index >= 15 is 0 Å². The van der Waals surface area contributed by atoms with Crippen molar-refractivity contribution in [1.82, 2.24) is 4.90 Å². The molecule has 19 heavy (non-hydrogen) atoms. The molecule has 1 aliphatic carbocycles. The first-order valence-electron chi connectivity index (χ1n) is 6.57. The highest BCUT2D eigenvalue weighted by Gasteiger charge is 2.34. The molecule has 106 valence electrons. The van der Waals surface area contributed by atoms with Gasteiger partial charge in [-0.1, -0.05) is 22.0 Å². The van der Waals surface area contributed by atoms with Crippen LogP contribution >= 0.6 is 15.9 Å². The van der Waals surface area contributed by atoms with E-state index in [0.717, 1.165) is 16.6 Å². The summed E-state index contributed by atoms with van der Waals surface area (Å²) in [7, 11) is 1.70. The number of methoxy groups -OCH3 is 1. The number of rotatable bonds is 7. The van der Waals surface area contributed by atoms with Gasteiger partial charge in [-0.2, -0.15) is 0 Å². The second kappa shape index (κ2) is 6.79. The lowest BCUT2D eigenvalue weighted by Gasteiger charge is -2.31. The number of nitrogens with two attached hydrogens (primary N) is 1. The molecule has 1 aromatic rings. The average molecular weight is 331 g/mol. The predicted octanol–water partition coefficient (Wildman–Crippen LogP) is 2.70. The Morgan fingerprint density at radius 3 is 2.79 bits per heavy atom. The number of benzene rings is 1. The third-order valence-electron chi connectivity index (χ3n) is 3.51. The molecule has 1 saturated carbocycles. The highest BCUT2D eigenvalue weighted by Crippen LogP contribution is 2.36. The normalized spacial score (nSPS) is 16.9. The largest absolute Gasteiger partial charge is 0.383 e. The van der Waals surface area contributed by atoms with Crippen LogP contribution in [0.2, 0.25) is 0 Å². The van der Waals surface area contributed by atoms with Crippen LogP contribution in [0, 0.1) is 5.82 Å². The Morgan fingerprint density at radius 2 is 2.26 bits per heavy atom. The number of nitrogens with zero attached hydrogens (tertiary/aromatic N) is 1. The predicted molar refractivity (Wildman–Crippen MR) is 77.5 cm³/mol. The molecule has 1 aliphatic rings. The van der Waals surface area contributed by atoms with Crippen molar-refractivity contribution in [2.75, 3.05) is 26.8 Å². The van der Waals surface area contributed by atoms with Crippen LogP contribution in [0.1, 0.15) is 24.4 Å². The molecule has 0 radical (unpaired) electrons. The summed E-state index contributed by atoms with van der Waals surface area (Å²) in [6.45, 7) is 2.06. The zero-order valence-corrected chi connectivity index (χ0v) is 12.7. The Morgan fingerprint density at radius 1 is 1.53 bits per heavy atom. The van der Waals surface area contributed by atoms with Crippen molar-refractivity contribution in [2.45, 2.75) is 24.9 Å². The fraction of sp³-hybridized carbons (Fsp3) is 0.571. The number of ether oxygens (including phenoxy) is 1. The summed E-state index contributed by atoms with van der Waals surface area (Å²) in [5.41, 5.74) is 7.00. The topological polar surface area (TPSA) is 38.5 Å². The second-order valence-corrected chi connectivity index (χ2v) is 5.73. The summed E-state index contributed by atoms with van der Waals surface area (Å²) < 4.78 is 19.2. The summed E-state index contributed by atoms with van der Waals surface area (Å²) in [6, 6.07) is 5.50. The minimum absolute atomic E-state index is 0.109. The van der Waals surface area contributed by atoms with Gasteiger partial charge in [0.05, 0.1) is 6.61 Å². The highest BCUT2D eigenvalue weighted by atomic mass is 79.9. The van der Waals surface area contributed by atoms with Gasteiger partial charge >= 0.3 is 0 Å². The van der Waals surface area contributed by atoms with Crippen molar-refractivity contribution >= 4 is 15.9 Å². The summed E-state index contributed by atoms with van der Waals surface area (Å²) in [4.78, 5) is 2.38. The standard InChI is InChI=1S/C14H20BrFN2O/c1-19-7-6-18(11-3-4-11)14(9-17)12-5-2-10(16)8-13(12)15/h2,5,8,11,14H,3-4,6-7,9,17H2,1H3. The summed E-state index contributed by atoms with van der Waals surface area (Å²) in [6.07, 6.45) is 2.41. The minimum atomic E-state index is -0.235. The van der Waals surface area contributed by atoms with Crippen molar-refractivity contribution < 1.29 is 9.13 Å². The van der Waals surface area contributed by atoms with Gasteiger partial charge in [-0.15, -0.1) is 0 Å². The van der Waals surface area contributed by atoms with Gasteiger partial charge in [-0.25, -0.2) is 4.39 Å². The molecule has 0 aromatic heterocycles. The average Bonchev–Trinajstić information content (AvgIpc) is 3.20. The van der Waals surface area contributed by atoms with Crippen LogP contribution in [-0.2, 0) is 4.74 Å². The molecule has 0 bridgehead atoms. The van der Waals surface area contributed by atoms with E-state index in [4.69, 9.17) is 10.5 Å². The lowest BCUT2D eigenvalue weighted by atomic mass is 10.0. The summed E-state index contributed by atoms with van der Waals surface area (Å²) >= 11 is 3.44. The Balaban J connectivity index is 2.20. The van der Waals surface area contributed by atoms with Crippen LogP contribution in [0.3, 0.4) is 0 Å². The van der Waals surface area contributed by atoms with Crippen molar-refractivity contribution in [3.63, 3.8) is 0 Å². The fourth-order valence-corrected chi connectivity index (χ4v) is 3.02. The molecule has 1 atom stereocenters. The molecule has 2 rings (SSSR count). The van der Waals surface area contributed by atoms with Crippen LogP contribution in [0.25, 0.3) is 0 Å². The SMILES string of the molecule is COCCN(C1CC1)C(CN)c1ccc(F)cc1Br. The molecule has 1 fully saturated rings. The molecule has 0 aliphatic heterocycles. The van der Waals surface area contributed by atoms with Gasteiger partial charge in [0.2, 0.25) is 0 Å². The van der Waals surface area contributed by atoms with Gasteiger partial charge in [0.1, 0.15) is 5.82 Å². The van der Waals surface area contributed by atoms with Crippen molar-refractivity contribution in [3.05, 3.63) is 34.1 Å². The quantitative estimate of drug-likeness (QED) is 0.835. The van der Waals surface area contributed by atoms with Gasteiger partial charge in [-0.05, 0) is 30.5 Å². The van der Waals surface area contributed by atoms with E-state index in [1.807, 2.05) is 6.07 Å². The first kappa shape index (κ1) is 14.9. The van der Waals surface area contributed by atoms with E-state index in [9.17, 15) is 4.39 Å². The van der Waals surface area contributed by atoms with Gasteiger partial charge in [0, 0.05) is 36.8 Å². The smallest absolute Gasteiger partial charge is 0.124 e. The molecule has 3 nitrogen and oxygen atoms in total. The highest BCUT2D eigenvalue weighted by molar-refractivity contribution is 9.10. The Kier molecular flexibility index (Phi) is 5.33. The Bertz CT molecular complexity index is 426. The molecule has 2 N–H and O–H groups in total. The van der Waals surface area contributed by atoms with Gasteiger partial charge < -0.3 is 10.5 Å². The van der Waals surface area contributed by atoms with Crippen LogP contribution in [0.4, 0.5) is 4.39 Å². The molecule has 0 spiro atoms. The van der Waals surface area contributed by atoms with Crippen molar-refractivity contribution in [3.8, 4) is 0 Å². The zero-order valence-electron chi connectivity index (χ0n) is 11.1. The molecule has 1 unspecified atom stereocenters. The first-order chi connectivity index (χ1) is 9.17. The Labute approximate surface area is 122 Å². The summed E-state index contributed by atoms with van der Waals surface area (Å²) in [5, 5.41) is 0. The maximum absolute atomic E-state index is 13.2. The molecule has 0 heterocycles. The third-order valence-corrected chi connectivity index (χ3v) is 4.20. The van der Waals surface area contributed by atoms with E-state index in [0.29, 0.717) is 19.2 Å². The number of hydrogen-bond donors (Lipinski definition) is 1. The lowest BCUT2D eigenvalue weighted by Crippen LogP contribution is -2.38. The van der Waals surface area contributed by atoms with E-state index in [1.165, 1.54) is 25.0 Å². The van der Waals surface area contributed by atoms with E-state index in [1.54, 1.807) is 7.11 Å². The summed E-state index contributed by atoms with van der Waals surface area (Å²) in [5.74, 6) is -0.235. The molecule has 1 aromatic carbocycles. The molecular formula is C14H20BrFN2O. The monoisotopic (exact) mass is 330 g/mol. The van der Waals surface area contributed by atoms with Crippen LogP contribution in [-0.4, -0.2) is 37.7 Å². The van der Waals surface area contributed by atoms with Crippen LogP contribution in [0.15, 0.2) is 22.7 Å². The van der Waals surface area contributed by atoms with Crippen LogP contribution < -0.4 is 5.73 Å². The van der Waals surface area contributed by atoms with Gasteiger partial charge in [0.25, 0.3) is 0 Å². The maximum atomic E-state index is 13.2. The molecule has 0 saturated heterocycles. The van der Waals surface area contributed by atoms with E-state index < -0.39 is 0 Å². The molecule has 5 heteroatoms. The van der Waals surface area contributed by atoms with Crippen molar-refractivity contribution in [2.24, 2.45) is 5.73 Å². The van der Waals surface area contributed by atoms with E-state index in [-0.39, 0.29) is 11.9 Å². The minimum Gasteiger partial charge on any atom is -0.383 e. The molecule has 0 amide bonds. The van der Waals surface area contributed by atoms with Crippen LogP contribution in [0.5, 0.6) is 0 Å². The van der Waals surface area contributed by atoms with Gasteiger partial charge in [0.15, 0.2) is 0 Å². The lowest BCUT2D eigenvalue weighted by molar-refractivity contribution is 0.115.